The van der Waals surface area contributed by atoms with Crippen LogP contribution in [0.5, 0.6) is 0 Å². The van der Waals surface area contributed by atoms with Gasteiger partial charge in [0.1, 0.15) is 0 Å². The first kappa shape index (κ1) is 10.9. The third-order valence-corrected chi connectivity index (χ3v) is 4.84. The van der Waals surface area contributed by atoms with E-state index >= 15 is 0 Å². The van der Waals surface area contributed by atoms with Crippen LogP contribution in [0.3, 0.4) is 0 Å². The van der Waals surface area contributed by atoms with Gasteiger partial charge in [-0.05, 0) is 39.3 Å². The van der Waals surface area contributed by atoms with Crippen molar-refractivity contribution in [2.75, 3.05) is 11.4 Å². The third-order valence-electron chi connectivity index (χ3n) is 3.26. The highest BCUT2D eigenvalue weighted by atomic mass is 79.9. The maximum absolute atomic E-state index is 4.24. The van der Waals surface area contributed by atoms with Crippen LogP contribution in [-0.2, 0) is 0 Å². The maximum atomic E-state index is 4.24. The normalized spacial score (nSPS) is 24.5. The van der Waals surface area contributed by atoms with Crippen molar-refractivity contribution in [3.05, 3.63) is 24.0 Å². The first-order chi connectivity index (χ1) is 7.01. The molecule has 1 aromatic rings. The van der Waals surface area contributed by atoms with E-state index in [1.54, 1.807) is 0 Å². The first-order valence-electron chi connectivity index (χ1n) is 5.36. The highest BCUT2D eigenvalue weighted by Crippen LogP contribution is 2.37. The Kier molecular flexibility index (Phi) is 2.75. The molecule has 3 heteroatoms. The van der Waals surface area contributed by atoms with Gasteiger partial charge in [0.2, 0.25) is 0 Å². The summed E-state index contributed by atoms with van der Waals surface area (Å²) >= 11 is 3.76. The minimum absolute atomic E-state index is 0.188. The highest BCUT2D eigenvalue weighted by molar-refractivity contribution is 9.09. The molecule has 15 heavy (non-hydrogen) atoms. The lowest BCUT2D eigenvalue weighted by atomic mass is 10.0. The minimum atomic E-state index is 0.188. The lowest BCUT2D eigenvalue weighted by Gasteiger charge is -2.35. The van der Waals surface area contributed by atoms with Crippen LogP contribution in [-0.4, -0.2) is 21.9 Å². The van der Waals surface area contributed by atoms with Crippen molar-refractivity contribution in [3.63, 3.8) is 0 Å². The number of alkyl halides is 1. The molecule has 0 aliphatic carbocycles. The van der Waals surface area contributed by atoms with Crippen LogP contribution in [0, 0.1) is 6.92 Å². The average Bonchev–Trinajstić information content (AvgIpc) is 2.42. The molecule has 1 aliphatic rings. The fourth-order valence-corrected chi connectivity index (χ4v) is 2.67. The topological polar surface area (TPSA) is 16.1 Å². The third kappa shape index (κ3) is 1.89. The Morgan fingerprint density at radius 2 is 2.27 bits per heavy atom. The van der Waals surface area contributed by atoms with Crippen molar-refractivity contribution in [1.82, 2.24) is 4.98 Å². The second-order valence-corrected chi connectivity index (χ2v) is 5.82. The van der Waals surface area contributed by atoms with Crippen LogP contribution < -0.4 is 4.90 Å². The Labute approximate surface area is 99.8 Å². The summed E-state index contributed by atoms with van der Waals surface area (Å²) in [6.45, 7) is 7.73. The molecular weight excluding hydrogens is 252 g/mol. The van der Waals surface area contributed by atoms with Gasteiger partial charge in [-0.1, -0.05) is 15.9 Å². The van der Waals surface area contributed by atoms with Gasteiger partial charge in [0.15, 0.2) is 0 Å². The molecule has 82 valence electrons. The van der Waals surface area contributed by atoms with Crippen molar-refractivity contribution in [3.8, 4) is 0 Å². The summed E-state index contributed by atoms with van der Waals surface area (Å²) < 4.78 is 0. The number of nitrogens with zero attached hydrogens (tertiary/aromatic N) is 2. The number of rotatable bonds is 1. The fraction of sp³-hybridized carbons (Fsp3) is 0.583. The van der Waals surface area contributed by atoms with Crippen LogP contribution in [0.1, 0.15) is 26.0 Å². The lowest BCUT2D eigenvalue weighted by Crippen LogP contribution is -2.43. The van der Waals surface area contributed by atoms with Gasteiger partial charge in [-0.25, -0.2) is 0 Å². The number of aryl methyl sites for hydroxylation is 1. The fourth-order valence-electron chi connectivity index (χ4n) is 2.21. The molecule has 0 saturated carbocycles. The Balaban J connectivity index is 2.32. The Bertz CT molecular complexity index is 362. The minimum Gasteiger partial charge on any atom is -0.365 e. The van der Waals surface area contributed by atoms with Crippen LogP contribution in [0.2, 0.25) is 0 Å². The van der Waals surface area contributed by atoms with E-state index < -0.39 is 0 Å². The van der Waals surface area contributed by atoms with Crippen molar-refractivity contribution >= 4 is 21.6 Å². The van der Waals surface area contributed by atoms with E-state index in [0.717, 1.165) is 12.2 Å². The quantitative estimate of drug-likeness (QED) is 0.728. The van der Waals surface area contributed by atoms with Gasteiger partial charge in [0, 0.05) is 34.5 Å². The van der Waals surface area contributed by atoms with E-state index in [1.807, 2.05) is 13.1 Å². The lowest BCUT2D eigenvalue weighted by molar-refractivity contribution is 0.534. The monoisotopic (exact) mass is 268 g/mol. The molecule has 1 unspecified atom stereocenters. The molecule has 0 amide bonds. The van der Waals surface area contributed by atoms with Gasteiger partial charge >= 0.3 is 0 Å². The van der Waals surface area contributed by atoms with Crippen molar-refractivity contribution in [1.29, 1.82) is 0 Å². The predicted molar refractivity (Wildman–Crippen MR) is 67.7 cm³/mol. The molecule has 1 fully saturated rings. The average molecular weight is 269 g/mol. The number of hydrogen-bond acceptors (Lipinski definition) is 2. The second-order valence-electron chi connectivity index (χ2n) is 4.72. The molecule has 0 radical (unpaired) electrons. The van der Waals surface area contributed by atoms with Gasteiger partial charge in [0.25, 0.3) is 0 Å². The molecule has 1 saturated heterocycles. The maximum Gasteiger partial charge on any atom is 0.0471 e. The first-order valence-corrected chi connectivity index (χ1v) is 6.28. The number of halogens is 1. The standard InChI is InChI=1S/C12H17BrN2/c1-9-8-10(4-6-14-9)15-7-5-11(13)12(15,2)3/h4,6,8,11H,5,7H2,1-3H3. The predicted octanol–water partition coefficient (Wildman–Crippen LogP) is 3.14. The van der Waals surface area contributed by atoms with Gasteiger partial charge in [-0.2, -0.15) is 0 Å². The summed E-state index contributed by atoms with van der Waals surface area (Å²) in [5.41, 5.74) is 2.56. The Hall–Kier alpha value is -0.570. The van der Waals surface area contributed by atoms with E-state index in [1.165, 1.54) is 12.1 Å². The summed E-state index contributed by atoms with van der Waals surface area (Å²) in [4.78, 5) is 7.27. The zero-order valence-electron chi connectivity index (χ0n) is 9.50. The number of aromatic nitrogens is 1. The molecule has 2 rings (SSSR count). The van der Waals surface area contributed by atoms with Crippen molar-refractivity contribution in [2.45, 2.75) is 37.6 Å². The van der Waals surface area contributed by atoms with Crippen LogP contribution in [0.25, 0.3) is 0 Å². The molecular formula is C12H17BrN2. The van der Waals surface area contributed by atoms with E-state index in [2.05, 4.69) is 51.8 Å². The molecule has 2 nitrogen and oxygen atoms in total. The SMILES string of the molecule is Cc1cc(N2CCC(Br)C2(C)C)ccn1. The molecule has 0 aromatic carbocycles. The van der Waals surface area contributed by atoms with Crippen molar-refractivity contribution < 1.29 is 0 Å². The molecule has 0 bridgehead atoms. The van der Waals surface area contributed by atoms with Gasteiger partial charge in [-0.3, -0.25) is 4.98 Å². The van der Waals surface area contributed by atoms with Crippen LogP contribution in [0.4, 0.5) is 5.69 Å². The largest absolute Gasteiger partial charge is 0.365 e. The molecule has 0 spiro atoms. The zero-order chi connectivity index (χ0) is 11.1. The highest BCUT2D eigenvalue weighted by Gasteiger charge is 2.39. The number of anilines is 1. The van der Waals surface area contributed by atoms with E-state index in [9.17, 15) is 0 Å². The zero-order valence-corrected chi connectivity index (χ0v) is 11.1. The molecule has 0 N–H and O–H groups in total. The van der Waals surface area contributed by atoms with E-state index in [-0.39, 0.29) is 5.54 Å². The smallest absolute Gasteiger partial charge is 0.0471 e. The summed E-state index contributed by atoms with van der Waals surface area (Å²) in [5, 5.41) is 0. The van der Waals surface area contributed by atoms with Gasteiger partial charge in [-0.15, -0.1) is 0 Å². The summed E-state index contributed by atoms with van der Waals surface area (Å²) in [5.74, 6) is 0. The summed E-state index contributed by atoms with van der Waals surface area (Å²) in [6, 6.07) is 4.26. The molecule has 1 aliphatic heterocycles. The van der Waals surface area contributed by atoms with Crippen LogP contribution in [0.15, 0.2) is 18.3 Å². The second kappa shape index (κ2) is 3.78. The summed E-state index contributed by atoms with van der Waals surface area (Å²) in [6.07, 6.45) is 3.09. The van der Waals surface area contributed by atoms with E-state index in [0.29, 0.717) is 4.83 Å². The molecule has 2 heterocycles. The molecule has 1 aromatic heterocycles. The van der Waals surface area contributed by atoms with Gasteiger partial charge in [0.05, 0.1) is 0 Å². The Morgan fingerprint density at radius 3 is 2.80 bits per heavy atom. The Morgan fingerprint density at radius 1 is 1.53 bits per heavy atom. The number of pyridine rings is 1. The van der Waals surface area contributed by atoms with Crippen LogP contribution >= 0.6 is 15.9 Å². The van der Waals surface area contributed by atoms with Gasteiger partial charge < -0.3 is 4.90 Å². The van der Waals surface area contributed by atoms with Crippen molar-refractivity contribution in [2.24, 2.45) is 0 Å². The van der Waals surface area contributed by atoms with E-state index in [4.69, 9.17) is 0 Å². The molecule has 1 atom stereocenters. The number of hydrogen-bond donors (Lipinski definition) is 0. The summed E-state index contributed by atoms with van der Waals surface area (Å²) in [7, 11) is 0.